The van der Waals surface area contributed by atoms with Gasteiger partial charge in [0.1, 0.15) is 0 Å². The maximum atomic E-state index is 12.5. The second kappa shape index (κ2) is 9.01. The normalized spacial score (nSPS) is 15.4. The first-order chi connectivity index (χ1) is 13.4. The van der Waals surface area contributed by atoms with Crippen LogP contribution >= 0.6 is 46.6 Å². The van der Waals surface area contributed by atoms with Crippen molar-refractivity contribution in [2.24, 2.45) is 0 Å². The Hall–Kier alpha value is -1.99. The fourth-order valence-electron chi connectivity index (χ4n) is 2.46. The maximum Gasteiger partial charge on any atom is 0.293 e. The van der Waals surface area contributed by atoms with Crippen LogP contribution in [0.2, 0.25) is 15.1 Å². The summed E-state index contributed by atoms with van der Waals surface area (Å²) in [4.78, 5) is 38.2. The van der Waals surface area contributed by atoms with Gasteiger partial charge in [-0.15, -0.1) is 0 Å². The van der Waals surface area contributed by atoms with Crippen LogP contribution in [0.1, 0.15) is 15.9 Å². The highest BCUT2D eigenvalue weighted by atomic mass is 35.5. The molecule has 28 heavy (non-hydrogen) atoms. The number of hydrogen-bond acceptors (Lipinski definition) is 4. The highest BCUT2D eigenvalue weighted by molar-refractivity contribution is 8.18. The zero-order valence-corrected chi connectivity index (χ0v) is 17.3. The fourth-order valence-corrected chi connectivity index (χ4v) is 3.84. The highest BCUT2D eigenvalue weighted by Crippen LogP contribution is 2.32. The summed E-state index contributed by atoms with van der Waals surface area (Å²) in [6.45, 7) is 0.139. The monoisotopic (exact) mass is 454 g/mol. The number of nitrogens with one attached hydrogen (secondary N) is 1. The minimum atomic E-state index is -0.434. The second-order valence-electron chi connectivity index (χ2n) is 5.74. The standard InChI is InChI=1S/C19H13Cl3N2O3S/c20-12-6-4-11(5-7-12)10-15-18(26)24(19(27)28-15)9-8-23-17(25)13-2-1-3-14(21)16(13)22/h1-7,10H,8-9H2,(H,23,25)/b15-10-. The van der Waals surface area contributed by atoms with E-state index in [1.165, 1.54) is 0 Å². The van der Waals surface area contributed by atoms with Gasteiger partial charge in [0, 0.05) is 18.1 Å². The number of imide groups is 1. The van der Waals surface area contributed by atoms with Gasteiger partial charge in [0.15, 0.2) is 0 Å². The molecule has 3 amide bonds. The Morgan fingerprint density at radius 1 is 1.07 bits per heavy atom. The van der Waals surface area contributed by atoms with E-state index in [-0.39, 0.29) is 33.9 Å². The molecule has 0 radical (unpaired) electrons. The first-order valence-corrected chi connectivity index (χ1v) is 10.0. The third-order valence-corrected chi connectivity index (χ3v) is 5.84. The van der Waals surface area contributed by atoms with Gasteiger partial charge in [0.05, 0.1) is 20.5 Å². The van der Waals surface area contributed by atoms with E-state index in [0.717, 1.165) is 22.2 Å². The molecule has 0 aliphatic carbocycles. The summed E-state index contributed by atoms with van der Waals surface area (Å²) in [5.41, 5.74) is 0.991. The first kappa shape index (κ1) is 20.7. The smallest absolute Gasteiger partial charge is 0.293 e. The molecule has 0 spiro atoms. The number of hydrogen-bond donors (Lipinski definition) is 1. The van der Waals surface area contributed by atoms with E-state index in [0.29, 0.717) is 9.93 Å². The third kappa shape index (κ3) is 4.70. The molecule has 5 nitrogen and oxygen atoms in total. The van der Waals surface area contributed by atoms with Crippen LogP contribution in [0.4, 0.5) is 4.79 Å². The molecule has 3 rings (SSSR count). The van der Waals surface area contributed by atoms with Crippen LogP contribution < -0.4 is 5.32 Å². The number of amides is 3. The van der Waals surface area contributed by atoms with Gasteiger partial charge < -0.3 is 5.32 Å². The minimum Gasteiger partial charge on any atom is -0.350 e. The van der Waals surface area contributed by atoms with Gasteiger partial charge in [-0.2, -0.15) is 0 Å². The molecule has 1 aliphatic rings. The van der Waals surface area contributed by atoms with E-state index in [4.69, 9.17) is 34.8 Å². The van der Waals surface area contributed by atoms with Crippen LogP contribution in [0, 0.1) is 0 Å². The molecular weight excluding hydrogens is 443 g/mol. The summed E-state index contributed by atoms with van der Waals surface area (Å²) in [6, 6.07) is 11.6. The van der Waals surface area contributed by atoms with Gasteiger partial charge in [0.25, 0.3) is 17.1 Å². The lowest BCUT2D eigenvalue weighted by Crippen LogP contribution is -2.37. The molecule has 0 saturated carbocycles. The molecule has 2 aromatic carbocycles. The summed E-state index contributed by atoms with van der Waals surface area (Å²) in [6.07, 6.45) is 1.63. The molecule has 1 fully saturated rings. The van der Waals surface area contributed by atoms with Crippen LogP contribution in [0.3, 0.4) is 0 Å². The van der Waals surface area contributed by atoms with Gasteiger partial charge in [0.2, 0.25) is 0 Å². The lowest BCUT2D eigenvalue weighted by molar-refractivity contribution is -0.122. The zero-order chi connectivity index (χ0) is 20.3. The number of thioether (sulfide) groups is 1. The topological polar surface area (TPSA) is 66.5 Å². The third-order valence-electron chi connectivity index (χ3n) is 3.86. The number of carbonyl (C=O) groups is 3. The van der Waals surface area contributed by atoms with E-state index in [1.54, 1.807) is 48.5 Å². The van der Waals surface area contributed by atoms with Crippen LogP contribution in [0.15, 0.2) is 47.4 Å². The fraction of sp³-hybridized carbons (Fsp3) is 0.105. The van der Waals surface area contributed by atoms with Gasteiger partial charge in [-0.3, -0.25) is 19.3 Å². The van der Waals surface area contributed by atoms with Crippen LogP contribution in [-0.2, 0) is 4.79 Å². The number of carbonyl (C=O) groups excluding carboxylic acids is 3. The Morgan fingerprint density at radius 3 is 2.50 bits per heavy atom. The molecule has 1 saturated heterocycles. The Balaban J connectivity index is 1.61. The summed E-state index contributed by atoms with van der Waals surface area (Å²) in [5.74, 6) is -0.837. The highest BCUT2D eigenvalue weighted by Gasteiger charge is 2.34. The van der Waals surface area contributed by atoms with E-state index in [1.807, 2.05) is 0 Å². The molecule has 1 heterocycles. The average molecular weight is 456 g/mol. The Kier molecular flexibility index (Phi) is 6.67. The Morgan fingerprint density at radius 2 is 1.79 bits per heavy atom. The molecule has 0 aromatic heterocycles. The molecule has 0 unspecified atom stereocenters. The zero-order valence-electron chi connectivity index (χ0n) is 14.2. The number of halogens is 3. The molecular formula is C19H13Cl3N2O3S. The van der Waals surface area contributed by atoms with Gasteiger partial charge >= 0.3 is 0 Å². The number of rotatable bonds is 5. The van der Waals surface area contributed by atoms with E-state index < -0.39 is 11.8 Å². The van der Waals surface area contributed by atoms with Crippen molar-refractivity contribution in [1.82, 2.24) is 10.2 Å². The van der Waals surface area contributed by atoms with Crippen LogP contribution in [-0.4, -0.2) is 35.0 Å². The van der Waals surface area contributed by atoms with Crippen molar-refractivity contribution in [3.05, 3.63) is 73.6 Å². The lowest BCUT2D eigenvalue weighted by Gasteiger charge is -2.13. The van der Waals surface area contributed by atoms with Gasteiger partial charge in [-0.1, -0.05) is 53.0 Å². The van der Waals surface area contributed by atoms with E-state index in [2.05, 4.69) is 5.32 Å². The van der Waals surface area contributed by atoms with Crippen molar-refractivity contribution in [1.29, 1.82) is 0 Å². The van der Waals surface area contributed by atoms with Gasteiger partial charge in [-0.25, -0.2) is 0 Å². The molecule has 0 bridgehead atoms. The summed E-state index contributed by atoms with van der Waals surface area (Å²) in [7, 11) is 0. The summed E-state index contributed by atoms with van der Waals surface area (Å²) < 4.78 is 0. The Bertz CT molecular complexity index is 977. The van der Waals surface area contributed by atoms with Crippen molar-refractivity contribution in [2.75, 3.05) is 13.1 Å². The van der Waals surface area contributed by atoms with Crippen molar-refractivity contribution in [3.8, 4) is 0 Å². The van der Waals surface area contributed by atoms with E-state index in [9.17, 15) is 14.4 Å². The average Bonchev–Trinajstić information content (AvgIpc) is 2.93. The van der Waals surface area contributed by atoms with Crippen molar-refractivity contribution < 1.29 is 14.4 Å². The minimum absolute atomic E-state index is 0.0482. The SMILES string of the molecule is O=C(NCCN1C(=O)S/C(=C\c2ccc(Cl)cc2)C1=O)c1cccc(Cl)c1Cl. The second-order valence-corrected chi connectivity index (χ2v) is 7.96. The van der Waals surface area contributed by atoms with Crippen molar-refractivity contribution in [2.45, 2.75) is 0 Å². The van der Waals surface area contributed by atoms with Crippen LogP contribution in [0.5, 0.6) is 0 Å². The number of nitrogens with zero attached hydrogens (tertiary/aromatic N) is 1. The van der Waals surface area contributed by atoms with Gasteiger partial charge in [-0.05, 0) is 47.7 Å². The lowest BCUT2D eigenvalue weighted by atomic mass is 10.2. The molecule has 0 atom stereocenters. The summed E-state index contributed by atoms with van der Waals surface area (Å²) >= 11 is 18.6. The van der Waals surface area contributed by atoms with Crippen molar-refractivity contribution in [3.63, 3.8) is 0 Å². The van der Waals surface area contributed by atoms with Crippen LogP contribution in [0.25, 0.3) is 6.08 Å². The maximum absolute atomic E-state index is 12.5. The Labute approximate surface area is 180 Å². The molecule has 2 aromatic rings. The van der Waals surface area contributed by atoms with E-state index >= 15 is 0 Å². The molecule has 144 valence electrons. The van der Waals surface area contributed by atoms with Crippen molar-refractivity contribution >= 4 is 69.7 Å². The first-order valence-electron chi connectivity index (χ1n) is 8.10. The molecule has 9 heteroatoms. The quantitative estimate of drug-likeness (QED) is 0.636. The predicted molar refractivity (Wildman–Crippen MR) is 113 cm³/mol. The largest absolute Gasteiger partial charge is 0.350 e. The molecule has 1 N–H and O–H groups in total. The number of benzene rings is 2. The predicted octanol–water partition coefficient (Wildman–Crippen LogP) is 5.11. The summed E-state index contributed by atoms with van der Waals surface area (Å²) in [5, 5.41) is 3.25. The molecule has 1 aliphatic heterocycles.